The van der Waals surface area contributed by atoms with Gasteiger partial charge in [0.15, 0.2) is 0 Å². The van der Waals surface area contributed by atoms with Gasteiger partial charge in [-0.1, -0.05) is 65.7 Å². The molecule has 0 fully saturated rings. The maximum absolute atomic E-state index is 13.6. The molecule has 0 radical (unpaired) electrons. The summed E-state index contributed by atoms with van der Waals surface area (Å²) in [4.78, 5) is 55.6. The first-order valence-electron chi connectivity index (χ1n) is 19.8. The van der Waals surface area contributed by atoms with Gasteiger partial charge in [0.1, 0.15) is 17.6 Å². The molecule has 0 saturated heterocycles. The Morgan fingerprint density at radius 1 is 0.597 bits per heavy atom. The van der Waals surface area contributed by atoms with Gasteiger partial charge in [-0.3, -0.25) is 19.2 Å². The molecule has 2 heterocycles. The fraction of sp³-hybridized carbons (Fsp3) is 0.250. The van der Waals surface area contributed by atoms with Crippen LogP contribution in [0.15, 0.2) is 103 Å². The summed E-state index contributed by atoms with van der Waals surface area (Å²) < 4.78 is 21.9. The van der Waals surface area contributed by atoms with Gasteiger partial charge in [0, 0.05) is 39.3 Å². The number of thiophene rings is 2. The molecule has 14 heteroatoms. The first kappa shape index (κ1) is 45.9. The van der Waals surface area contributed by atoms with E-state index in [4.69, 9.17) is 42.1 Å². The van der Waals surface area contributed by atoms with Crippen molar-refractivity contribution in [1.82, 2.24) is 10.6 Å². The number of hydrogen-bond donors (Lipinski definition) is 2. The van der Waals surface area contributed by atoms with Gasteiger partial charge >= 0.3 is 11.9 Å². The zero-order valence-corrected chi connectivity index (χ0v) is 38.0. The smallest absolute Gasteiger partial charge is 0.310 e. The third-order valence-electron chi connectivity index (χ3n) is 9.56. The first-order chi connectivity index (χ1) is 29.8. The zero-order chi connectivity index (χ0) is 44.3. The van der Waals surface area contributed by atoms with Crippen LogP contribution in [0, 0.1) is 0 Å². The molecular weight excluding hydrogens is 868 g/mol. The molecule has 6 aromatic rings. The van der Waals surface area contributed by atoms with Gasteiger partial charge in [0.25, 0.3) is 11.8 Å². The predicted molar refractivity (Wildman–Crippen MR) is 246 cm³/mol. The van der Waals surface area contributed by atoms with E-state index < -0.39 is 18.0 Å². The molecule has 0 aliphatic carbocycles. The van der Waals surface area contributed by atoms with Crippen molar-refractivity contribution in [2.24, 2.45) is 0 Å². The monoisotopic (exact) mass is 912 g/mol. The summed E-state index contributed by atoms with van der Waals surface area (Å²) in [6, 6.07) is 31.0. The average Bonchev–Trinajstić information content (AvgIpc) is 3.87. The average molecular weight is 914 g/mol. The second-order valence-electron chi connectivity index (χ2n) is 14.7. The summed E-state index contributed by atoms with van der Waals surface area (Å²) in [5, 5.41) is 6.97. The minimum atomic E-state index is -0.582. The number of carbonyl (C=O) groups is 4. The lowest BCUT2D eigenvalue weighted by atomic mass is 10.0. The van der Waals surface area contributed by atoms with E-state index in [1.54, 1.807) is 65.3 Å². The standard InChI is InChI=1S/C48H46Cl2N2O8S2/c1-28(2)59-43(53)24-36-23-42(48(56)52-27-31-7-6-8-39(20-31)58-5)62-46(36)33-13-18-40(50)34(21-33)19-29(3)60-44(54)25-35-22-41(61-45(35)32-11-14-37(49)15-12-32)47(55)51-26-30-9-16-38(57-4)17-10-30/h6-18,20-23,28-29H,19,24-27H2,1-5H3,(H,51,55)(H,52,56). The lowest BCUT2D eigenvalue weighted by Crippen LogP contribution is -2.21. The normalized spacial score (nSPS) is 11.5. The highest BCUT2D eigenvalue weighted by Crippen LogP contribution is 2.37. The number of hydrogen-bond acceptors (Lipinski definition) is 10. The summed E-state index contributed by atoms with van der Waals surface area (Å²) in [6.45, 7) is 5.95. The Kier molecular flexibility index (Phi) is 15.8. The Balaban J connectivity index is 1.17. The SMILES string of the molecule is COc1ccc(CNC(=O)c2cc(CC(=O)OC(C)Cc3cc(-c4sc(C(=O)NCc5cccc(OC)c5)cc4CC(=O)OC(C)C)ccc3Cl)c(-c3ccc(Cl)cc3)s2)cc1. The summed E-state index contributed by atoms with van der Waals surface area (Å²) in [6.07, 6.45) is -0.711. The Morgan fingerprint density at radius 3 is 1.76 bits per heavy atom. The van der Waals surface area contributed by atoms with E-state index in [0.717, 1.165) is 37.8 Å². The number of halogens is 2. The molecular formula is C48H46Cl2N2O8S2. The van der Waals surface area contributed by atoms with Crippen molar-refractivity contribution in [3.63, 3.8) is 0 Å². The molecule has 0 bridgehead atoms. The number of carbonyl (C=O) groups excluding carboxylic acids is 4. The lowest BCUT2D eigenvalue weighted by Gasteiger charge is -2.16. The molecule has 2 aromatic heterocycles. The molecule has 6 rings (SSSR count). The van der Waals surface area contributed by atoms with Crippen LogP contribution < -0.4 is 20.1 Å². The van der Waals surface area contributed by atoms with Crippen LogP contribution in [0.2, 0.25) is 10.0 Å². The van der Waals surface area contributed by atoms with Crippen LogP contribution in [-0.4, -0.2) is 50.2 Å². The van der Waals surface area contributed by atoms with Crippen LogP contribution in [0.4, 0.5) is 0 Å². The van der Waals surface area contributed by atoms with Crippen LogP contribution in [0.25, 0.3) is 20.9 Å². The second-order valence-corrected chi connectivity index (χ2v) is 17.7. The summed E-state index contributed by atoms with van der Waals surface area (Å²) in [5.74, 6) is -0.0352. The Labute approximate surface area is 379 Å². The van der Waals surface area contributed by atoms with Gasteiger partial charge in [-0.15, -0.1) is 22.7 Å². The van der Waals surface area contributed by atoms with Crippen molar-refractivity contribution < 1.29 is 38.1 Å². The number of methoxy groups -OCH3 is 2. The van der Waals surface area contributed by atoms with Crippen molar-refractivity contribution in [1.29, 1.82) is 0 Å². The first-order valence-corrected chi connectivity index (χ1v) is 22.2. The van der Waals surface area contributed by atoms with Gasteiger partial charge in [-0.05, 0) is 120 Å². The third kappa shape index (κ3) is 12.5. The van der Waals surface area contributed by atoms with Gasteiger partial charge in [0.2, 0.25) is 0 Å². The van der Waals surface area contributed by atoms with Gasteiger partial charge < -0.3 is 29.6 Å². The zero-order valence-electron chi connectivity index (χ0n) is 34.8. The Morgan fingerprint density at radius 2 is 1.16 bits per heavy atom. The van der Waals surface area contributed by atoms with Gasteiger partial charge in [-0.25, -0.2) is 0 Å². The predicted octanol–water partition coefficient (Wildman–Crippen LogP) is 10.5. The van der Waals surface area contributed by atoms with E-state index in [-0.39, 0.29) is 43.7 Å². The molecule has 1 unspecified atom stereocenters. The number of nitrogens with one attached hydrogen (secondary N) is 2. The van der Waals surface area contributed by atoms with E-state index >= 15 is 0 Å². The van der Waals surface area contributed by atoms with Crippen LogP contribution in [0.5, 0.6) is 11.5 Å². The number of amides is 2. The number of esters is 2. The van der Waals surface area contributed by atoms with Gasteiger partial charge in [0.05, 0.1) is 42.9 Å². The molecule has 10 nitrogen and oxygen atoms in total. The van der Waals surface area contributed by atoms with E-state index in [9.17, 15) is 19.2 Å². The van der Waals surface area contributed by atoms with E-state index in [1.165, 1.54) is 22.7 Å². The largest absolute Gasteiger partial charge is 0.497 e. The quantitative estimate of drug-likeness (QED) is 0.0816. The molecule has 0 aliphatic heterocycles. The lowest BCUT2D eigenvalue weighted by molar-refractivity contribution is -0.148. The maximum atomic E-state index is 13.6. The van der Waals surface area contributed by atoms with Crippen molar-refractivity contribution in [3.05, 3.63) is 151 Å². The summed E-state index contributed by atoms with van der Waals surface area (Å²) in [7, 11) is 3.18. The second kappa shape index (κ2) is 21.4. The number of ether oxygens (including phenoxy) is 4. The molecule has 1 atom stereocenters. The third-order valence-corrected chi connectivity index (χ3v) is 12.6. The van der Waals surface area contributed by atoms with E-state index in [2.05, 4.69) is 10.6 Å². The van der Waals surface area contributed by atoms with E-state index in [0.29, 0.717) is 48.8 Å². The molecule has 322 valence electrons. The van der Waals surface area contributed by atoms with Crippen molar-refractivity contribution in [2.45, 2.75) is 65.3 Å². The van der Waals surface area contributed by atoms with Crippen molar-refractivity contribution in [2.75, 3.05) is 14.2 Å². The van der Waals surface area contributed by atoms with Gasteiger partial charge in [-0.2, -0.15) is 0 Å². The van der Waals surface area contributed by atoms with Crippen LogP contribution >= 0.6 is 45.9 Å². The van der Waals surface area contributed by atoms with E-state index in [1.807, 2.05) is 72.8 Å². The summed E-state index contributed by atoms with van der Waals surface area (Å²) in [5.41, 5.74) is 5.35. The molecule has 0 spiro atoms. The fourth-order valence-corrected chi connectivity index (χ4v) is 9.12. The minimum absolute atomic E-state index is 0.0359. The van der Waals surface area contributed by atoms with Crippen molar-refractivity contribution >= 4 is 69.6 Å². The molecule has 4 aromatic carbocycles. The molecule has 0 saturated carbocycles. The maximum Gasteiger partial charge on any atom is 0.310 e. The number of rotatable bonds is 18. The number of benzene rings is 4. The van der Waals surface area contributed by atoms with Crippen LogP contribution in [0.3, 0.4) is 0 Å². The Hall–Kier alpha value is -5.66. The highest BCUT2D eigenvalue weighted by molar-refractivity contribution is 7.18. The molecule has 62 heavy (non-hydrogen) atoms. The summed E-state index contributed by atoms with van der Waals surface area (Å²) >= 11 is 15.5. The highest BCUT2D eigenvalue weighted by Gasteiger charge is 2.23. The van der Waals surface area contributed by atoms with Crippen molar-refractivity contribution in [3.8, 4) is 32.4 Å². The minimum Gasteiger partial charge on any atom is -0.497 e. The molecule has 2 N–H and O–H groups in total. The molecule has 2 amide bonds. The molecule has 0 aliphatic rings. The van der Waals surface area contributed by atoms with Crippen LogP contribution in [0.1, 0.15) is 67.9 Å². The Bertz CT molecular complexity index is 2530. The highest BCUT2D eigenvalue weighted by atomic mass is 35.5. The topological polar surface area (TPSA) is 129 Å². The fourth-order valence-electron chi connectivity index (χ4n) is 6.60. The van der Waals surface area contributed by atoms with Crippen LogP contribution in [-0.2, 0) is 51.4 Å².